The lowest BCUT2D eigenvalue weighted by atomic mass is 9.91. The van der Waals surface area contributed by atoms with Gasteiger partial charge in [0.2, 0.25) is 0 Å². The third-order valence-corrected chi connectivity index (χ3v) is 3.70. The highest BCUT2D eigenvalue weighted by atomic mass is 19.1. The normalized spacial score (nSPS) is 21.3. The fourth-order valence-corrected chi connectivity index (χ4v) is 2.67. The number of carbonyl (C=O) groups excluding carboxylic acids is 1. The van der Waals surface area contributed by atoms with Gasteiger partial charge in [-0.05, 0) is 24.5 Å². The molecule has 1 saturated heterocycles. The zero-order chi connectivity index (χ0) is 16.3. The first-order valence-corrected chi connectivity index (χ1v) is 7.03. The summed E-state index contributed by atoms with van der Waals surface area (Å²) in [4.78, 5) is 24.9. The molecule has 2 atom stereocenters. The summed E-state index contributed by atoms with van der Waals surface area (Å²) in [5, 5.41) is 11.7. The van der Waals surface area contributed by atoms with Crippen molar-refractivity contribution in [2.24, 2.45) is 11.8 Å². The van der Waals surface area contributed by atoms with Crippen LogP contribution < -0.4 is 10.1 Å². The number of ether oxygens (including phenoxy) is 1. The van der Waals surface area contributed by atoms with Gasteiger partial charge >= 0.3 is 12.0 Å². The van der Waals surface area contributed by atoms with E-state index in [1.807, 2.05) is 6.92 Å². The Hall–Kier alpha value is -2.31. The molecule has 2 amide bonds. The summed E-state index contributed by atoms with van der Waals surface area (Å²) in [7, 11) is 1.42. The Bertz CT molecular complexity index is 579. The molecule has 0 aromatic heterocycles. The van der Waals surface area contributed by atoms with Crippen molar-refractivity contribution in [3.8, 4) is 5.75 Å². The zero-order valence-corrected chi connectivity index (χ0v) is 12.5. The van der Waals surface area contributed by atoms with Crippen LogP contribution in [0.15, 0.2) is 18.2 Å². The van der Waals surface area contributed by atoms with Gasteiger partial charge in [0.1, 0.15) is 11.6 Å². The van der Waals surface area contributed by atoms with Crippen LogP contribution in [0.5, 0.6) is 5.75 Å². The smallest absolute Gasteiger partial charge is 0.321 e. The second-order valence-corrected chi connectivity index (χ2v) is 5.56. The van der Waals surface area contributed by atoms with E-state index in [1.165, 1.54) is 30.2 Å². The van der Waals surface area contributed by atoms with Crippen LogP contribution in [0.3, 0.4) is 0 Å². The predicted octanol–water partition coefficient (Wildman–Crippen LogP) is 2.41. The Morgan fingerprint density at radius 3 is 2.77 bits per heavy atom. The van der Waals surface area contributed by atoms with E-state index in [-0.39, 0.29) is 18.2 Å². The summed E-state index contributed by atoms with van der Waals surface area (Å²) in [5.41, 5.74) is 0.220. The number of halogens is 1. The molecular formula is C15H19FN2O4. The molecule has 7 heteroatoms. The largest absolute Gasteiger partial charge is 0.495 e. The molecule has 0 aliphatic carbocycles. The van der Waals surface area contributed by atoms with Gasteiger partial charge in [-0.25, -0.2) is 9.18 Å². The van der Waals surface area contributed by atoms with Crippen molar-refractivity contribution in [2.45, 2.75) is 13.3 Å². The molecule has 0 bridgehead atoms. The minimum Gasteiger partial charge on any atom is -0.495 e. The number of hydrogen-bond acceptors (Lipinski definition) is 3. The van der Waals surface area contributed by atoms with Crippen molar-refractivity contribution in [3.05, 3.63) is 24.0 Å². The molecule has 1 aliphatic heterocycles. The number of carboxylic acid groups (broad SMARTS) is 1. The summed E-state index contributed by atoms with van der Waals surface area (Å²) >= 11 is 0. The van der Waals surface area contributed by atoms with Crippen LogP contribution in [0.2, 0.25) is 0 Å². The van der Waals surface area contributed by atoms with Gasteiger partial charge in [-0.3, -0.25) is 4.79 Å². The standard InChI is InChI=1S/C15H19FN2O4/c1-9-5-10(14(19)20)8-18(7-9)15(21)17-12-6-11(16)3-4-13(12)22-2/h3-4,6,9-10H,5,7-8H2,1-2H3,(H,17,21)(H,19,20). The van der Waals surface area contributed by atoms with Crippen LogP contribution in [0.4, 0.5) is 14.9 Å². The Labute approximate surface area is 127 Å². The van der Waals surface area contributed by atoms with Crippen molar-refractivity contribution < 1.29 is 23.8 Å². The van der Waals surface area contributed by atoms with Gasteiger partial charge in [0.15, 0.2) is 0 Å². The number of nitrogens with one attached hydrogen (secondary N) is 1. The summed E-state index contributed by atoms with van der Waals surface area (Å²) in [6.07, 6.45) is 0.544. The number of urea groups is 1. The number of benzene rings is 1. The van der Waals surface area contributed by atoms with Gasteiger partial charge in [0, 0.05) is 19.2 Å². The third kappa shape index (κ3) is 3.66. The third-order valence-electron chi connectivity index (χ3n) is 3.70. The maximum Gasteiger partial charge on any atom is 0.321 e. The fraction of sp³-hybridized carbons (Fsp3) is 0.467. The molecule has 1 heterocycles. The number of carboxylic acids is 1. The molecule has 2 rings (SSSR count). The van der Waals surface area contributed by atoms with Crippen molar-refractivity contribution in [2.75, 3.05) is 25.5 Å². The van der Waals surface area contributed by atoms with E-state index < -0.39 is 23.7 Å². The van der Waals surface area contributed by atoms with E-state index in [0.717, 1.165) is 0 Å². The van der Waals surface area contributed by atoms with Gasteiger partial charge in [0.05, 0.1) is 18.7 Å². The number of aliphatic carboxylic acids is 1. The van der Waals surface area contributed by atoms with Crippen LogP contribution in [0, 0.1) is 17.7 Å². The number of nitrogens with zero attached hydrogens (tertiary/aromatic N) is 1. The molecular weight excluding hydrogens is 291 g/mol. The van der Waals surface area contributed by atoms with E-state index in [0.29, 0.717) is 18.7 Å². The number of amides is 2. The molecule has 0 radical (unpaired) electrons. The molecule has 0 spiro atoms. The molecule has 1 fully saturated rings. The minimum atomic E-state index is -0.910. The first-order valence-electron chi connectivity index (χ1n) is 7.03. The van der Waals surface area contributed by atoms with Crippen LogP contribution in [-0.4, -0.2) is 42.2 Å². The van der Waals surface area contributed by atoms with Crippen molar-refractivity contribution >= 4 is 17.7 Å². The van der Waals surface area contributed by atoms with Gasteiger partial charge in [-0.2, -0.15) is 0 Å². The number of rotatable bonds is 3. The number of carbonyl (C=O) groups is 2. The molecule has 120 valence electrons. The Kier molecular flexibility index (Phi) is 4.85. The maximum atomic E-state index is 13.3. The van der Waals surface area contributed by atoms with E-state index in [1.54, 1.807) is 0 Å². The SMILES string of the molecule is COc1ccc(F)cc1NC(=O)N1CC(C)CC(C(=O)O)C1. The first-order chi connectivity index (χ1) is 10.4. The van der Waals surface area contributed by atoms with Crippen molar-refractivity contribution in [1.29, 1.82) is 0 Å². The maximum absolute atomic E-state index is 13.3. The summed E-state index contributed by atoms with van der Waals surface area (Å²) < 4.78 is 18.4. The highest BCUT2D eigenvalue weighted by Gasteiger charge is 2.32. The van der Waals surface area contributed by atoms with E-state index in [2.05, 4.69) is 5.32 Å². The Morgan fingerprint density at radius 1 is 1.41 bits per heavy atom. The van der Waals surface area contributed by atoms with Crippen LogP contribution in [-0.2, 0) is 4.79 Å². The highest BCUT2D eigenvalue weighted by Crippen LogP contribution is 2.27. The quantitative estimate of drug-likeness (QED) is 0.898. The summed E-state index contributed by atoms with van der Waals surface area (Å²) in [6, 6.07) is 3.36. The lowest BCUT2D eigenvalue weighted by Gasteiger charge is -2.34. The molecule has 2 unspecified atom stereocenters. The van der Waals surface area contributed by atoms with Gasteiger partial charge in [-0.1, -0.05) is 6.92 Å². The molecule has 2 N–H and O–H groups in total. The van der Waals surface area contributed by atoms with Crippen molar-refractivity contribution in [3.63, 3.8) is 0 Å². The zero-order valence-electron chi connectivity index (χ0n) is 12.5. The average Bonchev–Trinajstić information content (AvgIpc) is 2.46. The number of likely N-dealkylation sites (tertiary alicyclic amines) is 1. The lowest BCUT2D eigenvalue weighted by molar-refractivity contribution is -0.143. The number of anilines is 1. The molecule has 1 aromatic rings. The van der Waals surface area contributed by atoms with Gasteiger partial charge < -0.3 is 20.1 Å². The number of hydrogen-bond donors (Lipinski definition) is 2. The average molecular weight is 310 g/mol. The van der Waals surface area contributed by atoms with Crippen LogP contribution in [0.1, 0.15) is 13.3 Å². The lowest BCUT2D eigenvalue weighted by Crippen LogP contribution is -2.47. The highest BCUT2D eigenvalue weighted by molar-refractivity contribution is 5.91. The Balaban J connectivity index is 2.11. The van der Waals surface area contributed by atoms with E-state index in [4.69, 9.17) is 9.84 Å². The Morgan fingerprint density at radius 2 is 2.14 bits per heavy atom. The predicted molar refractivity (Wildman–Crippen MR) is 78.5 cm³/mol. The number of methoxy groups -OCH3 is 1. The second kappa shape index (κ2) is 6.64. The van der Waals surface area contributed by atoms with Crippen LogP contribution >= 0.6 is 0 Å². The fourth-order valence-electron chi connectivity index (χ4n) is 2.67. The van der Waals surface area contributed by atoms with E-state index in [9.17, 15) is 14.0 Å². The van der Waals surface area contributed by atoms with Gasteiger partial charge in [0.25, 0.3) is 0 Å². The molecule has 22 heavy (non-hydrogen) atoms. The molecule has 1 aromatic carbocycles. The summed E-state index contributed by atoms with van der Waals surface area (Å²) in [5.74, 6) is -1.55. The monoisotopic (exact) mass is 310 g/mol. The first kappa shape index (κ1) is 16.1. The van der Waals surface area contributed by atoms with Crippen LogP contribution in [0.25, 0.3) is 0 Å². The van der Waals surface area contributed by atoms with Gasteiger partial charge in [-0.15, -0.1) is 0 Å². The number of piperidine rings is 1. The minimum absolute atomic E-state index is 0.0926. The molecule has 0 saturated carbocycles. The molecule has 6 nitrogen and oxygen atoms in total. The van der Waals surface area contributed by atoms with Crippen molar-refractivity contribution in [1.82, 2.24) is 4.90 Å². The summed E-state index contributed by atoms with van der Waals surface area (Å²) in [6.45, 7) is 2.51. The second-order valence-electron chi connectivity index (χ2n) is 5.56. The van der Waals surface area contributed by atoms with E-state index >= 15 is 0 Å². The molecule has 1 aliphatic rings. The topological polar surface area (TPSA) is 78.9 Å².